The molecule has 1 aromatic rings. The Morgan fingerprint density at radius 2 is 1.06 bits per heavy atom. The van der Waals surface area contributed by atoms with Crippen molar-refractivity contribution in [1.29, 1.82) is 0 Å². The lowest BCUT2D eigenvalue weighted by atomic mass is 9.97. The van der Waals surface area contributed by atoms with Gasteiger partial charge in [-0.15, -0.1) is 0 Å². The minimum atomic E-state index is -1.55. The van der Waals surface area contributed by atoms with Gasteiger partial charge in [-0.05, 0) is 44.2 Å². The summed E-state index contributed by atoms with van der Waals surface area (Å²) in [6, 6.07) is 8.56. The fourth-order valence-electron chi connectivity index (χ4n) is 6.26. The van der Waals surface area contributed by atoms with E-state index in [9.17, 15) is 14.7 Å². The molecule has 13 nitrogen and oxygen atoms in total. The number of hydrogen-bond acceptors (Lipinski definition) is 13. The van der Waals surface area contributed by atoms with Gasteiger partial charge in [-0.25, -0.2) is 4.79 Å². The van der Waals surface area contributed by atoms with Crippen LogP contribution in [0.15, 0.2) is 30.3 Å². The van der Waals surface area contributed by atoms with E-state index in [-0.39, 0.29) is 13.2 Å². The van der Waals surface area contributed by atoms with E-state index in [2.05, 4.69) is 27.7 Å². The molecule has 10 atom stereocenters. The highest BCUT2D eigenvalue weighted by Crippen LogP contribution is 2.33. The maximum absolute atomic E-state index is 13.2. The third kappa shape index (κ3) is 15.0. The molecule has 0 amide bonds. The molecule has 10 unspecified atom stereocenters. The first kappa shape index (κ1) is 46.2. The van der Waals surface area contributed by atoms with E-state index in [4.69, 9.17) is 47.4 Å². The van der Waals surface area contributed by atoms with E-state index in [1.165, 1.54) is 6.92 Å². The Bertz CT molecular complexity index is 1140. The Labute approximate surface area is 322 Å². The topological polar surface area (TPSA) is 147 Å². The normalized spacial score (nSPS) is 28.5. The van der Waals surface area contributed by atoms with Gasteiger partial charge in [-0.3, -0.25) is 4.79 Å². The minimum absolute atomic E-state index is 0.143. The molecular weight excluding hydrogens is 700 g/mol. The average molecular weight is 769 g/mol. The molecule has 2 saturated heterocycles. The number of unbranched alkanes of at least 4 members (excludes halogenated alkanes) is 5. The summed E-state index contributed by atoms with van der Waals surface area (Å²) in [4.78, 5) is 25.8. The third-order valence-electron chi connectivity index (χ3n) is 9.34. The van der Waals surface area contributed by atoms with Crippen molar-refractivity contribution in [2.45, 2.75) is 167 Å². The summed E-state index contributed by atoms with van der Waals surface area (Å²) in [6.07, 6.45) is -0.636. The Morgan fingerprint density at radius 3 is 1.57 bits per heavy atom. The molecule has 1 aromatic carbocycles. The zero-order valence-corrected chi connectivity index (χ0v) is 33.5. The van der Waals surface area contributed by atoms with Gasteiger partial charge in [0.2, 0.25) is 0 Å². The third-order valence-corrected chi connectivity index (χ3v) is 9.34. The van der Waals surface area contributed by atoms with Crippen molar-refractivity contribution >= 4 is 11.9 Å². The zero-order valence-electron chi connectivity index (χ0n) is 33.5. The lowest BCUT2D eigenvalue weighted by Crippen LogP contribution is -2.64. The highest BCUT2D eigenvalue weighted by Gasteiger charge is 2.53. The van der Waals surface area contributed by atoms with Crippen molar-refractivity contribution in [2.24, 2.45) is 0 Å². The Kier molecular flexibility index (Phi) is 22.8. The second kappa shape index (κ2) is 26.6. The van der Waals surface area contributed by atoms with Crippen molar-refractivity contribution in [3.63, 3.8) is 0 Å². The van der Waals surface area contributed by atoms with Crippen molar-refractivity contribution in [3.8, 4) is 0 Å². The molecule has 0 saturated carbocycles. The Hall–Kier alpha value is -2.20. The lowest BCUT2D eigenvalue weighted by molar-refractivity contribution is -0.338. The molecule has 2 aliphatic heterocycles. The van der Waals surface area contributed by atoms with Gasteiger partial charge in [0.1, 0.15) is 36.6 Å². The quantitative estimate of drug-likeness (QED) is 0.0806. The number of carbonyl (C=O) groups is 2. The summed E-state index contributed by atoms with van der Waals surface area (Å²) < 4.78 is 62.6. The lowest BCUT2D eigenvalue weighted by Gasteiger charge is -2.47. The van der Waals surface area contributed by atoms with Crippen LogP contribution in [-0.2, 0) is 52.2 Å². The largest absolute Gasteiger partial charge is 0.454 e. The van der Waals surface area contributed by atoms with E-state index in [1.54, 1.807) is 30.3 Å². The molecule has 13 heteroatoms. The van der Waals surface area contributed by atoms with E-state index < -0.39 is 73.4 Å². The minimum Gasteiger partial charge on any atom is -0.454 e. The van der Waals surface area contributed by atoms with Crippen LogP contribution in [0.1, 0.15) is 116 Å². The van der Waals surface area contributed by atoms with Gasteiger partial charge >= 0.3 is 11.9 Å². The molecule has 54 heavy (non-hydrogen) atoms. The van der Waals surface area contributed by atoms with E-state index >= 15 is 0 Å². The summed E-state index contributed by atoms with van der Waals surface area (Å²) in [5.41, 5.74) is 0.331. The summed E-state index contributed by atoms with van der Waals surface area (Å²) in [5, 5.41) is 11.4. The number of aliphatic hydroxyl groups is 1. The van der Waals surface area contributed by atoms with Crippen molar-refractivity contribution in [3.05, 3.63) is 35.9 Å². The van der Waals surface area contributed by atoms with Crippen LogP contribution < -0.4 is 0 Å². The van der Waals surface area contributed by atoms with Crippen LogP contribution in [0, 0.1) is 0 Å². The summed E-state index contributed by atoms with van der Waals surface area (Å²) in [5.74, 6) is -1.14. The zero-order chi connectivity index (χ0) is 39.1. The van der Waals surface area contributed by atoms with Crippen LogP contribution in [0.3, 0.4) is 0 Å². The molecule has 1 N–H and O–H groups in total. The first-order chi connectivity index (χ1) is 26.3. The molecule has 0 aromatic heterocycles. The van der Waals surface area contributed by atoms with Crippen LogP contribution in [0.2, 0.25) is 0 Å². The first-order valence-electron chi connectivity index (χ1n) is 20.4. The van der Waals surface area contributed by atoms with Crippen molar-refractivity contribution in [2.75, 3.05) is 46.2 Å². The number of esters is 2. The number of rotatable bonds is 27. The average Bonchev–Trinajstić information content (AvgIpc) is 3.16. The van der Waals surface area contributed by atoms with Crippen molar-refractivity contribution in [1.82, 2.24) is 0 Å². The fourth-order valence-corrected chi connectivity index (χ4v) is 6.26. The summed E-state index contributed by atoms with van der Waals surface area (Å²) in [6.45, 7) is 14.0. The first-order valence-corrected chi connectivity index (χ1v) is 20.4. The van der Waals surface area contributed by atoms with Crippen LogP contribution in [-0.4, -0.2) is 125 Å². The monoisotopic (exact) mass is 768 g/mol. The molecule has 0 spiro atoms. The molecule has 2 heterocycles. The molecule has 3 rings (SSSR count). The predicted octanol–water partition coefficient (Wildman–Crippen LogP) is 6.16. The molecule has 0 radical (unpaired) electrons. The smallest absolute Gasteiger partial charge is 0.338 e. The highest BCUT2D eigenvalue weighted by atomic mass is 16.7. The van der Waals surface area contributed by atoms with Gasteiger partial charge in [0.05, 0.1) is 18.8 Å². The van der Waals surface area contributed by atoms with Crippen LogP contribution in [0.5, 0.6) is 0 Å². The van der Waals surface area contributed by atoms with Crippen LogP contribution in [0.25, 0.3) is 0 Å². The number of carbonyl (C=O) groups excluding carboxylic acids is 2. The van der Waals surface area contributed by atoms with E-state index in [1.807, 2.05) is 6.92 Å². The maximum atomic E-state index is 13.2. The highest BCUT2D eigenvalue weighted by molar-refractivity contribution is 5.89. The Balaban J connectivity index is 1.93. The second-order valence-electron chi connectivity index (χ2n) is 13.9. The van der Waals surface area contributed by atoms with E-state index in [0.29, 0.717) is 38.6 Å². The van der Waals surface area contributed by atoms with Crippen LogP contribution in [0.4, 0.5) is 0 Å². The standard InChI is InChI=1S/C41H68O13/c1-7-12-22-45-27-31-33(46-23-13-8-2)36(49-26-16-11-5)38(51-29(6)42)41(53-31)50-28-32-34(47-24-14-9-3)35(48-25-15-10-4)37(40(44)52-32)54-39(43)30-20-18-17-19-21-30/h17-21,31-38,40-41,44H,7-16,22-28H2,1-6H3. The molecule has 2 aliphatic rings. The molecular formula is C41H68O13. The molecule has 0 bridgehead atoms. The second-order valence-corrected chi connectivity index (χ2v) is 13.9. The number of hydrogen-bond donors (Lipinski definition) is 1. The Morgan fingerprint density at radius 1 is 0.574 bits per heavy atom. The van der Waals surface area contributed by atoms with E-state index in [0.717, 1.165) is 64.2 Å². The molecule has 0 aliphatic carbocycles. The van der Waals surface area contributed by atoms with Gasteiger partial charge in [-0.1, -0.05) is 84.9 Å². The van der Waals surface area contributed by atoms with Gasteiger partial charge in [-0.2, -0.15) is 0 Å². The molecule has 310 valence electrons. The number of ether oxygens (including phenoxy) is 10. The summed E-state index contributed by atoms with van der Waals surface area (Å²) in [7, 11) is 0. The maximum Gasteiger partial charge on any atom is 0.338 e. The van der Waals surface area contributed by atoms with Crippen molar-refractivity contribution < 1.29 is 62.1 Å². The fraction of sp³-hybridized carbons (Fsp3) is 0.805. The van der Waals surface area contributed by atoms with Gasteiger partial charge < -0.3 is 52.5 Å². The van der Waals surface area contributed by atoms with Gasteiger partial charge in [0.25, 0.3) is 0 Å². The summed E-state index contributed by atoms with van der Waals surface area (Å²) >= 11 is 0. The van der Waals surface area contributed by atoms with Gasteiger partial charge in [0, 0.05) is 40.0 Å². The molecule has 2 fully saturated rings. The predicted molar refractivity (Wildman–Crippen MR) is 201 cm³/mol. The van der Waals surface area contributed by atoms with Gasteiger partial charge in [0.15, 0.2) is 24.8 Å². The SMILES string of the molecule is CCCCOCC1OC(OCC2OC(O)C(OC(=O)c3ccccc3)C(OCCCC)C2OCCCC)C(OC(C)=O)C(OCCCC)C1OCCCC. The van der Waals surface area contributed by atoms with Crippen LogP contribution >= 0.6 is 0 Å². The number of benzene rings is 1. The number of aliphatic hydroxyl groups excluding tert-OH is 1.